The molecule has 1 aromatic carbocycles. The highest BCUT2D eigenvalue weighted by atomic mass is 35.5. The molecule has 2 aromatic rings. The number of nitrogens with one attached hydrogen (secondary N) is 1. The first-order valence-corrected chi connectivity index (χ1v) is 6.44. The van der Waals surface area contributed by atoms with Crippen LogP contribution in [0.15, 0.2) is 30.7 Å². The molecular formula is C14H18ClN3. The van der Waals surface area contributed by atoms with Gasteiger partial charge < -0.3 is 9.88 Å². The average Bonchev–Trinajstić information content (AvgIpc) is 2.74. The Morgan fingerprint density at radius 1 is 1.39 bits per heavy atom. The zero-order chi connectivity index (χ0) is 13.1. The van der Waals surface area contributed by atoms with Gasteiger partial charge in [-0.2, -0.15) is 0 Å². The van der Waals surface area contributed by atoms with Crippen LogP contribution in [0.25, 0.3) is 11.3 Å². The SMILES string of the molecule is CC(C)NCc1ccc(Cl)cc1-c1cn(C)cn1. The molecule has 0 saturated carbocycles. The highest BCUT2D eigenvalue weighted by molar-refractivity contribution is 6.30. The largest absolute Gasteiger partial charge is 0.340 e. The van der Waals surface area contributed by atoms with Crippen molar-refractivity contribution in [2.75, 3.05) is 0 Å². The molecule has 3 nitrogen and oxygen atoms in total. The topological polar surface area (TPSA) is 29.9 Å². The summed E-state index contributed by atoms with van der Waals surface area (Å²) >= 11 is 6.08. The van der Waals surface area contributed by atoms with E-state index in [0.29, 0.717) is 6.04 Å². The van der Waals surface area contributed by atoms with E-state index in [1.54, 1.807) is 6.33 Å². The fraction of sp³-hybridized carbons (Fsp3) is 0.357. The third-order valence-corrected chi connectivity index (χ3v) is 2.99. The summed E-state index contributed by atoms with van der Waals surface area (Å²) < 4.78 is 1.94. The zero-order valence-corrected chi connectivity index (χ0v) is 11.7. The van der Waals surface area contributed by atoms with E-state index >= 15 is 0 Å². The predicted molar refractivity (Wildman–Crippen MR) is 75.6 cm³/mol. The third-order valence-electron chi connectivity index (χ3n) is 2.75. The van der Waals surface area contributed by atoms with Crippen LogP contribution < -0.4 is 5.32 Å². The molecule has 4 heteroatoms. The molecule has 0 bridgehead atoms. The van der Waals surface area contributed by atoms with Gasteiger partial charge in [0, 0.05) is 36.4 Å². The lowest BCUT2D eigenvalue weighted by atomic mass is 10.0. The van der Waals surface area contributed by atoms with Gasteiger partial charge in [0.2, 0.25) is 0 Å². The molecule has 0 spiro atoms. The van der Waals surface area contributed by atoms with Gasteiger partial charge in [-0.1, -0.05) is 31.5 Å². The number of rotatable bonds is 4. The average molecular weight is 264 g/mol. The molecule has 1 heterocycles. The number of aryl methyl sites for hydroxylation is 1. The number of hydrogen-bond donors (Lipinski definition) is 1. The number of aromatic nitrogens is 2. The molecule has 1 aromatic heterocycles. The van der Waals surface area contributed by atoms with Gasteiger partial charge in [-0.3, -0.25) is 0 Å². The summed E-state index contributed by atoms with van der Waals surface area (Å²) in [6, 6.07) is 6.41. The molecule has 1 N–H and O–H groups in total. The van der Waals surface area contributed by atoms with Gasteiger partial charge in [0.1, 0.15) is 0 Å². The van der Waals surface area contributed by atoms with E-state index in [1.807, 2.05) is 29.9 Å². The van der Waals surface area contributed by atoms with Crippen molar-refractivity contribution in [3.05, 3.63) is 41.3 Å². The normalized spacial score (nSPS) is 11.2. The molecule has 18 heavy (non-hydrogen) atoms. The van der Waals surface area contributed by atoms with Gasteiger partial charge in [-0.05, 0) is 17.7 Å². The molecule has 0 saturated heterocycles. The molecule has 0 aliphatic carbocycles. The molecule has 0 atom stereocenters. The van der Waals surface area contributed by atoms with Crippen LogP contribution in [0.4, 0.5) is 0 Å². The second-order valence-corrected chi connectivity index (χ2v) is 5.20. The number of benzene rings is 1. The van der Waals surface area contributed by atoms with E-state index in [4.69, 9.17) is 11.6 Å². The van der Waals surface area contributed by atoms with Crippen molar-refractivity contribution >= 4 is 11.6 Å². The number of nitrogens with zero attached hydrogens (tertiary/aromatic N) is 2. The summed E-state index contributed by atoms with van der Waals surface area (Å²) in [5, 5.41) is 4.16. The second-order valence-electron chi connectivity index (χ2n) is 4.76. The Morgan fingerprint density at radius 3 is 2.78 bits per heavy atom. The minimum Gasteiger partial charge on any atom is -0.340 e. The first kappa shape index (κ1) is 13.1. The van der Waals surface area contributed by atoms with Crippen molar-refractivity contribution in [2.45, 2.75) is 26.4 Å². The van der Waals surface area contributed by atoms with E-state index < -0.39 is 0 Å². The number of halogens is 1. The highest BCUT2D eigenvalue weighted by Gasteiger charge is 2.09. The van der Waals surface area contributed by atoms with Gasteiger partial charge in [0.15, 0.2) is 0 Å². The van der Waals surface area contributed by atoms with Crippen molar-refractivity contribution in [3.63, 3.8) is 0 Å². The van der Waals surface area contributed by atoms with Gasteiger partial charge in [0.05, 0.1) is 12.0 Å². The van der Waals surface area contributed by atoms with E-state index in [0.717, 1.165) is 22.8 Å². The smallest absolute Gasteiger partial charge is 0.0951 e. The highest BCUT2D eigenvalue weighted by Crippen LogP contribution is 2.25. The zero-order valence-electron chi connectivity index (χ0n) is 10.9. The lowest BCUT2D eigenvalue weighted by molar-refractivity contribution is 0.589. The third kappa shape index (κ3) is 3.12. The fourth-order valence-corrected chi connectivity index (χ4v) is 1.98. The first-order valence-electron chi connectivity index (χ1n) is 6.06. The Morgan fingerprint density at radius 2 is 2.17 bits per heavy atom. The fourth-order valence-electron chi connectivity index (χ4n) is 1.81. The first-order chi connectivity index (χ1) is 8.56. The summed E-state index contributed by atoms with van der Waals surface area (Å²) in [7, 11) is 1.97. The van der Waals surface area contributed by atoms with E-state index in [1.165, 1.54) is 5.56 Å². The number of hydrogen-bond acceptors (Lipinski definition) is 2. The van der Waals surface area contributed by atoms with Crippen molar-refractivity contribution < 1.29 is 0 Å². The molecule has 0 unspecified atom stereocenters. The van der Waals surface area contributed by atoms with Crippen LogP contribution in [0, 0.1) is 0 Å². The van der Waals surface area contributed by atoms with Crippen LogP contribution in [0.2, 0.25) is 5.02 Å². The van der Waals surface area contributed by atoms with Crippen LogP contribution in [0.5, 0.6) is 0 Å². The maximum Gasteiger partial charge on any atom is 0.0951 e. The van der Waals surface area contributed by atoms with Crippen LogP contribution in [0.3, 0.4) is 0 Å². The van der Waals surface area contributed by atoms with E-state index in [-0.39, 0.29) is 0 Å². The maximum atomic E-state index is 6.08. The molecule has 96 valence electrons. The van der Waals surface area contributed by atoms with Gasteiger partial charge in [-0.15, -0.1) is 0 Å². The lowest BCUT2D eigenvalue weighted by Gasteiger charge is -2.12. The minimum atomic E-state index is 0.456. The Kier molecular flexibility index (Phi) is 4.04. The summed E-state index contributed by atoms with van der Waals surface area (Å²) in [5.41, 5.74) is 3.27. The minimum absolute atomic E-state index is 0.456. The molecular weight excluding hydrogens is 246 g/mol. The van der Waals surface area contributed by atoms with Crippen LogP contribution in [-0.2, 0) is 13.6 Å². The van der Waals surface area contributed by atoms with Crippen molar-refractivity contribution in [1.29, 1.82) is 0 Å². The standard InChI is InChI=1S/C14H18ClN3/c1-10(2)16-7-11-4-5-12(15)6-13(11)14-8-18(3)9-17-14/h4-6,8-10,16H,7H2,1-3H3. The Balaban J connectivity index is 2.34. The van der Waals surface area contributed by atoms with E-state index in [2.05, 4.69) is 30.2 Å². The van der Waals surface area contributed by atoms with Crippen molar-refractivity contribution in [2.24, 2.45) is 7.05 Å². The Labute approximate surface area is 113 Å². The predicted octanol–water partition coefficient (Wildman–Crippen LogP) is 3.24. The molecule has 0 aliphatic rings. The summed E-state index contributed by atoms with van der Waals surface area (Å²) in [6.45, 7) is 5.09. The second kappa shape index (κ2) is 5.55. The molecule has 2 rings (SSSR count). The Bertz CT molecular complexity index is 532. The van der Waals surface area contributed by atoms with Crippen LogP contribution in [0.1, 0.15) is 19.4 Å². The van der Waals surface area contributed by atoms with Crippen molar-refractivity contribution in [1.82, 2.24) is 14.9 Å². The van der Waals surface area contributed by atoms with Crippen molar-refractivity contribution in [3.8, 4) is 11.3 Å². The molecule has 0 aliphatic heterocycles. The van der Waals surface area contributed by atoms with Gasteiger partial charge >= 0.3 is 0 Å². The summed E-state index contributed by atoms with van der Waals surface area (Å²) in [5.74, 6) is 0. The van der Waals surface area contributed by atoms with E-state index in [9.17, 15) is 0 Å². The summed E-state index contributed by atoms with van der Waals surface area (Å²) in [6.07, 6.45) is 3.81. The van der Waals surface area contributed by atoms with Crippen LogP contribution >= 0.6 is 11.6 Å². The molecule has 0 radical (unpaired) electrons. The lowest BCUT2D eigenvalue weighted by Crippen LogP contribution is -2.22. The van der Waals surface area contributed by atoms with Gasteiger partial charge in [-0.25, -0.2) is 4.98 Å². The molecule has 0 amide bonds. The number of imidazole rings is 1. The van der Waals surface area contributed by atoms with Crippen LogP contribution in [-0.4, -0.2) is 15.6 Å². The maximum absolute atomic E-state index is 6.08. The quantitative estimate of drug-likeness (QED) is 0.918. The molecule has 0 fully saturated rings. The van der Waals surface area contributed by atoms with Gasteiger partial charge in [0.25, 0.3) is 0 Å². The monoisotopic (exact) mass is 263 g/mol. The Hall–Kier alpha value is -1.32. The summed E-state index contributed by atoms with van der Waals surface area (Å²) in [4.78, 5) is 4.39.